The molecule has 0 bridgehead atoms. The zero-order valence-electron chi connectivity index (χ0n) is 9.96. The monoisotopic (exact) mass is 326 g/mol. The van der Waals surface area contributed by atoms with Gasteiger partial charge in [0, 0.05) is 15.4 Å². The number of halogens is 3. The van der Waals surface area contributed by atoms with E-state index in [1.165, 1.54) is 11.6 Å². The van der Waals surface area contributed by atoms with Gasteiger partial charge in [0.05, 0.1) is 0 Å². The van der Waals surface area contributed by atoms with Gasteiger partial charge in [0.2, 0.25) is 0 Å². The van der Waals surface area contributed by atoms with Gasteiger partial charge in [-0.15, -0.1) is 0 Å². The Morgan fingerprint density at radius 1 is 1.22 bits per heavy atom. The third-order valence-corrected chi connectivity index (χ3v) is 4.06. The molecule has 0 spiro atoms. The molecule has 0 aliphatic heterocycles. The Hall–Kier alpha value is -0.860. The molecular formula is C15H13BrClF. The summed E-state index contributed by atoms with van der Waals surface area (Å²) in [4.78, 5) is 0.0619. The molecule has 3 heteroatoms. The molecule has 0 nitrogen and oxygen atoms in total. The first-order valence-corrected chi connectivity index (χ1v) is 7.01. The van der Waals surface area contributed by atoms with Crippen molar-refractivity contribution in [3.8, 4) is 0 Å². The standard InChI is InChI=1S/C15H13BrClF/c1-10-4-2-5-11(8-10)13(16)9-12-14(17)6-3-7-15(12)18/h2-8,13H,9H2,1H3. The molecule has 0 N–H and O–H groups in total. The summed E-state index contributed by atoms with van der Waals surface area (Å²) in [5.41, 5.74) is 2.88. The zero-order valence-corrected chi connectivity index (χ0v) is 12.3. The molecule has 0 aromatic heterocycles. The fraction of sp³-hybridized carbons (Fsp3) is 0.200. The summed E-state index contributed by atoms with van der Waals surface area (Å²) < 4.78 is 13.7. The van der Waals surface area contributed by atoms with E-state index in [1.807, 2.05) is 25.1 Å². The molecular weight excluding hydrogens is 315 g/mol. The molecule has 94 valence electrons. The quantitative estimate of drug-likeness (QED) is 0.656. The highest BCUT2D eigenvalue weighted by atomic mass is 79.9. The van der Waals surface area contributed by atoms with Gasteiger partial charge < -0.3 is 0 Å². The summed E-state index contributed by atoms with van der Waals surface area (Å²) in [5, 5.41) is 0.479. The molecule has 2 aromatic carbocycles. The Morgan fingerprint density at radius 2 is 1.94 bits per heavy atom. The normalized spacial score (nSPS) is 12.4. The van der Waals surface area contributed by atoms with Gasteiger partial charge in [-0.25, -0.2) is 4.39 Å². The number of alkyl halides is 1. The van der Waals surface area contributed by atoms with Crippen molar-refractivity contribution in [2.24, 2.45) is 0 Å². The second-order valence-electron chi connectivity index (χ2n) is 4.29. The van der Waals surface area contributed by atoms with E-state index in [0.717, 1.165) is 5.56 Å². The summed E-state index contributed by atoms with van der Waals surface area (Å²) in [5.74, 6) is -0.250. The molecule has 0 saturated carbocycles. The molecule has 0 aliphatic rings. The summed E-state index contributed by atoms with van der Waals surface area (Å²) in [6.45, 7) is 2.04. The molecule has 0 amide bonds. The van der Waals surface area contributed by atoms with Crippen LogP contribution in [0.4, 0.5) is 4.39 Å². The lowest BCUT2D eigenvalue weighted by Gasteiger charge is -2.13. The minimum absolute atomic E-state index is 0.0619. The predicted molar refractivity (Wildman–Crippen MR) is 78.0 cm³/mol. The maximum atomic E-state index is 13.7. The minimum atomic E-state index is -0.250. The SMILES string of the molecule is Cc1cccc(C(Br)Cc2c(F)cccc2Cl)c1. The Kier molecular flexibility index (Phi) is 4.41. The van der Waals surface area contributed by atoms with Gasteiger partial charge in [0.25, 0.3) is 0 Å². The zero-order chi connectivity index (χ0) is 13.1. The van der Waals surface area contributed by atoms with Crippen molar-refractivity contribution in [1.82, 2.24) is 0 Å². The van der Waals surface area contributed by atoms with Gasteiger partial charge >= 0.3 is 0 Å². The van der Waals surface area contributed by atoms with Crippen LogP contribution in [0.25, 0.3) is 0 Å². The second-order valence-corrected chi connectivity index (χ2v) is 5.80. The first-order valence-electron chi connectivity index (χ1n) is 5.71. The highest BCUT2D eigenvalue weighted by molar-refractivity contribution is 9.09. The first-order chi connectivity index (χ1) is 8.58. The third kappa shape index (κ3) is 3.12. The van der Waals surface area contributed by atoms with Gasteiger partial charge in [-0.2, -0.15) is 0 Å². The highest BCUT2D eigenvalue weighted by Crippen LogP contribution is 2.31. The van der Waals surface area contributed by atoms with E-state index in [4.69, 9.17) is 11.6 Å². The van der Waals surface area contributed by atoms with Crippen LogP contribution in [0.2, 0.25) is 5.02 Å². The summed E-state index contributed by atoms with van der Waals surface area (Å²) >= 11 is 9.63. The molecule has 2 aromatic rings. The number of hydrogen-bond acceptors (Lipinski definition) is 0. The average molecular weight is 328 g/mol. The largest absolute Gasteiger partial charge is 0.207 e. The Labute approximate surface area is 120 Å². The van der Waals surface area contributed by atoms with Crippen molar-refractivity contribution in [2.75, 3.05) is 0 Å². The van der Waals surface area contributed by atoms with E-state index in [0.29, 0.717) is 17.0 Å². The van der Waals surface area contributed by atoms with E-state index in [-0.39, 0.29) is 10.6 Å². The van der Waals surface area contributed by atoms with E-state index in [1.54, 1.807) is 12.1 Å². The molecule has 0 saturated heterocycles. The lowest BCUT2D eigenvalue weighted by Crippen LogP contribution is -1.99. The third-order valence-electron chi connectivity index (χ3n) is 2.85. The van der Waals surface area contributed by atoms with Gasteiger partial charge in [-0.3, -0.25) is 0 Å². The van der Waals surface area contributed by atoms with Crippen LogP contribution in [-0.4, -0.2) is 0 Å². The topological polar surface area (TPSA) is 0 Å². The van der Waals surface area contributed by atoms with Crippen molar-refractivity contribution in [3.05, 3.63) is 70.0 Å². The van der Waals surface area contributed by atoms with E-state index >= 15 is 0 Å². The van der Waals surface area contributed by atoms with Gasteiger partial charge in [0.1, 0.15) is 5.82 Å². The van der Waals surface area contributed by atoms with Crippen LogP contribution in [0.5, 0.6) is 0 Å². The predicted octanol–water partition coefficient (Wildman–Crippen LogP) is 5.47. The number of rotatable bonds is 3. The molecule has 0 radical (unpaired) electrons. The molecule has 0 aliphatic carbocycles. The van der Waals surface area contributed by atoms with Gasteiger partial charge in [-0.1, -0.05) is 63.4 Å². The second kappa shape index (κ2) is 5.85. The minimum Gasteiger partial charge on any atom is -0.207 e. The molecule has 2 rings (SSSR count). The Bertz CT molecular complexity index is 534. The highest BCUT2D eigenvalue weighted by Gasteiger charge is 2.14. The van der Waals surface area contributed by atoms with Crippen molar-refractivity contribution in [3.63, 3.8) is 0 Å². The molecule has 0 fully saturated rings. The van der Waals surface area contributed by atoms with Crippen LogP contribution in [0.1, 0.15) is 21.5 Å². The van der Waals surface area contributed by atoms with Crippen LogP contribution in [0.3, 0.4) is 0 Å². The average Bonchev–Trinajstić information content (AvgIpc) is 2.34. The summed E-state index contributed by atoms with van der Waals surface area (Å²) in [6.07, 6.45) is 0.537. The van der Waals surface area contributed by atoms with E-state index in [2.05, 4.69) is 22.0 Å². The van der Waals surface area contributed by atoms with Gasteiger partial charge in [-0.05, 0) is 31.0 Å². The smallest absolute Gasteiger partial charge is 0.127 e. The van der Waals surface area contributed by atoms with Crippen LogP contribution in [0.15, 0.2) is 42.5 Å². The van der Waals surface area contributed by atoms with Crippen molar-refractivity contribution >= 4 is 27.5 Å². The van der Waals surface area contributed by atoms with E-state index < -0.39 is 0 Å². The molecule has 1 atom stereocenters. The Balaban J connectivity index is 2.24. The van der Waals surface area contributed by atoms with Crippen molar-refractivity contribution in [2.45, 2.75) is 18.2 Å². The van der Waals surface area contributed by atoms with Crippen molar-refractivity contribution in [1.29, 1.82) is 0 Å². The van der Waals surface area contributed by atoms with Crippen molar-refractivity contribution < 1.29 is 4.39 Å². The van der Waals surface area contributed by atoms with Crippen LogP contribution < -0.4 is 0 Å². The first kappa shape index (κ1) is 13.6. The lowest BCUT2D eigenvalue weighted by molar-refractivity contribution is 0.608. The summed E-state index contributed by atoms with van der Waals surface area (Å²) in [7, 11) is 0. The maximum absolute atomic E-state index is 13.7. The molecule has 0 heterocycles. The van der Waals surface area contributed by atoms with E-state index in [9.17, 15) is 4.39 Å². The number of aryl methyl sites for hydroxylation is 1. The van der Waals surface area contributed by atoms with Gasteiger partial charge in [0.15, 0.2) is 0 Å². The number of hydrogen-bond donors (Lipinski definition) is 0. The van der Waals surface area contributed by atoms with Crippen LogP contribution in [0, 0.1) is 12.7 Å². The maximum Gasteiger partial charge on any atom is 0.127 e. The molecule has 1 unspecified atom stereocenters. The van der Waals surface area contributed by atoms with Crippen LogP contribution >= 0.6 is 27.5 Å². The number of benzene rings is 2. The van der Waals surface area contributed by atoms with Crippen LogP contribution in [-0.2, 0) is 6.42 Å². The Morgan fingerprint density at radius 3 is 2.61 bits per heavy atom. The summed E-state index contributed by atoms with van der Waals surface area (Å²) in [6, 6.07) is 12.9. The lowest BCUT2D eigenvalue weighted by atomic mass is 10.0. The fourth-order valence-electron chi connectivity index (χ4n) is 1.89. The fourth-order valence-corrected chi connectivity index (χ4v) is 2.74. The molecule has 18 heavy (non-hydrogen) atoms.